The summed E-state index contributed by atoms with van der Waals surface area (Å²) in [5.74, 6) is -0.0958. The number of para-hydroxylation sites is 1. The van der Waals surface area contributed by atoms with Crippen LogP contribution in [-0.4, -0.2) is 37.4 Å². The highest BCUT2D eigenvalue weighted by atomic mass is 16.2. The van der Waals surface area contributed by atoms with Crippen molar-refractivity contribution < 1.29 is 14.4 Å². The van der Waals surface area contributed by atoms with Crippen molar-refractivity contribution in [2.75, 3.05) is 18.9 Å². The number of hydrogen-bond donors (Lipinski definition) is 4. The molecule has 0 fully saturated rings. The van der Waals surface area contributed by atoms with Gasteiger partial charge in [0.25, 0.3) is 11.8 Å². The van der Waals surface area contributed by atoms with Gasteiger partial charge < -0.3 is 21.7 Å². The highest BCUT2D eigenvalue weighted by Gasteiger charge is 2.15. The molecule has 0 unspecified atom stereocenters. The molecule has 0 aliphatic rings. The van der Waals surface area contributed by atoms with Crippen LogP contribution in [0.15, 0.2) is 42.5 Å². The maximum Gasteiger partial charge on any atom is 0.255 e. The molecule has 0 saturated carbocycles. The molecule has 0 aromatic heterocycles. The zero-order valence-corrected chi connectivity index (χ0v) is 19.3. The molecular formula is C25H34N4O3. The lowest BCUT2D eigenvalue weighted by Gasteiger charge is -2.15. The van der Waals surface area contributed by atoms with E-state index in [-0.39, 0.29) is 17.7 Å². The van der Waals surface area contributed by atoms with E-state index in [0.717, 1.165) is 17.5 Å². The second kappa shape index (κ2) is 12.0. The van der Waals surface area contributed by atoms with Crippen LogP contribution in [0.25, 0.3) is 0 Å². The SMILES string of the molecule is CNC(=O)c1ccc(C(=O)Nc2ccccc2CCNC(=O)[C@@H](N)CCC(C)C)cc1C. The molecule has 1 atom stereocenters. The van der Waals surface area contributed by atoms with Gasteiger partial charge in [-0.15, -0.1) is 0 Å². The van der Waals surface area contributed by atoms with Crippen LogP contribution in [0.5, 0.6) is 0 Å². The molecule has 7 nitrogen and oxygen atoms in total. The summed E-state index contributed by atoms with van der Waals surface area (Å²) >= 11 is 0. The van der Waals surface area contributed by atoms with Crippen molar-refractivity contribution in [2.45, 2.75) is 46.1 Å². The average molecular weight is 439 g/mol. The number of rotatable bonds is 10. The van der Waals surface area contributed by atoms with E-state index in [9.17, 15) is 14.4 Å². The highest BCUT2D eigenvalue weighted by molar-refractivity contribution is 6.05. The fourth-order valence-corrected chi connectivity index (χ4v) is 3.34. The summed E-state index contributed by atoms with van der Waals surface area (Å²) in [6.45, 7) is 6.44. The van der Waals surface area contributed by atoms with Crippen molar-refractivity contribution in [3.63, 3.8) is 0 Å². The van der Waals surface area contributed by atoms with E-state index in [4.69, 9.17) is 5.73 Å². The van der Waals surface area contributed by atoms with E-state index >= 15 is 0 Å². The smallest absolute Gasteiger partial charge is 0.255 e. The number of carbonyl (C=O) groups excluding carboxylic acids is 3. The van der Waals surface area contributed by atoms with E-state index in [1.165, 1.54) is 0 Å². The first-order valence-corrected chi connectivity index (χ1v) is 11.0. The van der Waals surface area contributed by atoms with Gasteiger partial charge in [-0.25, -0.2) is 0 Å². The summed E-state index contributed by atoms with van der Waals surface area (Å²) in [7, 11) is 1.57. The van der Waals surface area contributed by atoms with Crippen LogP contribution >= 0.6 is 0 Å². The second-order valence-electron chi connectivity index (χ2n) is 8.34. The van der Waals surface area contributed by atoms with E-state index < -0.39 is 6.04 Å². The predicted molar refractivity (Wildman–Crippen MR) is 128 cm³/mol. The van der Waals surface area contributed by atoms with Gasteiger partial charge in [-0.2, -0.15) is 0 Å². The van der Waals surface area contributed by atoms with Gasteiger partial charge in [0.15, 0.2) is 0 Å². The Kier molecular flexibility index (Phi) is 9.40. The standard InChI is InChI=1S/C25H34N4O3/c1-16(2)9-12-21(26)25(32)28-14-13-18-7-5-6-8-22(18)29-23(30)19-10-11-20(17(3)15-19)24(31)27-4/h5-8,10-11,15-16,21H,9,12-14,26H2,1-4H3,(H,27,31)(H,28,32)(H,29,30)/t21-/m0/s1. The zero-order valence-electron chi connectivity index (χ0n) is 19.3. The number of amides is 3. The Morgan fingerprint density at radius 3 is 2.38 bits per heavy atom. The summed E-state index contributed by atoms with van der Waals surface area (Å²) in [5.41, 5.74) is 9.28. The van der Waals surface area contributed by atoms with E-state index in [2.05, 4.69) is 29.8 Å². The van der Waals surface area contributed by atoms with Gasteiger partial charge in [-0.1, -0.05) is 32.0 Å². The molecule has 0 aliphatic heterocycles. The van der Waals surface area contributed by atoms with Crippen molar-refractivity contribution in [3.8, 4) is 0 Å². The third-order valence-corrected chi connectivity index (χ3v) is 5.31. The highest BCUT2D eigenvalue weighted by Crippen LogP contribution is 2.18. The maximum absolute atomic E-state index is 12.8. The fraction of sp³-hybridized carbons (Fsp3) is 0.400. The van der Waals surface area contributed by atoms with Gasteiger partial charge in [-0.3, -0.25) is 14.4 Å². The van der Waals surface area contributed by atoms with Crippen LogP contribution in [0, 0.1) is 12.8 Å². The fourth-order valence-electron chi connectivity index (χ4n) is 3.34. The monoisotopic (exact) mass is 438 g/mol. The first kappa shape index (κ1) is 25.1. The Bertz CT molecular complexity index is 956. The first-order valence-electron chi connectivity index (χ1n) is 11.0. The predicted octanol–water partition coefficient (Wildman–Crippen LogP) is 3.03. The lowest BCUT2D eigenvalue weighted by Crippen LogP contribution is -2.41. The summed E-state index contributed by atoms with van der Waals surface area (Å²) in [5, 5.41) is 8.40. The maximum atomic E-state index is 12.8. The topological polar surface area (TPSA) is 113 Å². The minimum absolute atomic E-state index is 0.154. The van der Waals surface area contributed by atoms with Crippen LogP contribution < -0.4 is 21.7 Å². The van der Waals surface area contributed by atoms with Crippen molar-refractivity contribution >= 4 is 23.4 Å². The molecule has 0 bridgehead atoms. The van der Waals surface area contributed by atoms with Crippen LogP contribution in [0.2, 0.25) is 0 Å². The molecule has 2 rings (SSSR count). The van der Waals surface area contributed by atoms with Crippen LogP contribution in [0.4, 0.5) is 5.69 Å². The molecule has 32 heavy (non-hydrogen) atoms. The van der Waals surface area contributed by atoms with Crippen molar-refractivity contribution in [2.24, 2.45) is 11.7 Å². The molecule has 0 spiro atoms. The Morgan fingerprint density at radius 1 is 1.00 bits per heavy atom. The molecule has 2 aromatic rings. The van der Waals surface area contributed by atoms with Gasteiger partial charge in [0.05, 0.1) is 6.04 Å². The summed E-state index contributed by atoms with van der Waals surface area (Å²) in [6.07, 6.45) is 2.13. The van der Waals surface area contributed by atoms with E-state index in [0.29, 0.717) is 42.1 Å². The van der Waals surface area contributed by atoms with Crippen LogP contribution in [-0.2, 0) is 11.2 Å². The average Bonchev–Trinajstić information content (AvgIpc) is 2.77. The number of aryl methyl sites for hydroxylation is 1. The number of hydrogen-bond acceptors (Lipinski definition) is 4. The normalized spacial score (nSPS) is 11.7. The Hall–Kier alpha value is -3.19. The number of carbonyl (C=O) groups is 3. The third kappa shape index (κ3) is 7.20. The number of nitrogens with two attached hydrogens (primary N) is 1. The first-order chi connectivity index (χ1) is 15.2. The van der Waals surface area contributed by atoms with Gasteiger partial charge >= 0.3 is 0 Å². The third-order valence-electron chi connectivity index (χ3n) is 5.31. The zero-order chi connectivity index (χ0) is 23.7. The number of nitrogens with one attached hydrogen (secondary N) is 3. The quantitative estimate of drug-likeness (QED) is 0.457. The minimum atomic E-state index is -0.506. The molecule has 7 heteroatoms. The lowest BCUT2D eigenvalue weighted by atomic mass is 10.0. The molecule has 172 valence electrons. The Morgan fingerprint density at radius 2 is 1.72 bits per heavy atom. The minimum Gasteiger partial charge on any atom is -0.355 e. The van der Waals surface area contributed by atoms with Crippen LogP contribution in [0.3, 0.4) is 0 Å². The molecule has 0 radical (unpaired) electrons. The molecule has 0 aliphatic carbocycles. The van der Waals surface area contributed by atoms with Gasteiger partial charge in [-0.05, 0) is 67.5 Å². The molecule has 3 amide bonds. The Balaban J connectivity index is 1.98. The number of anilines is 1. The summed E-state index contributed by atoms with van der Waals surface area (Å²) in [6, 6.07) is 12.0. The van der Waals surface area contributed by atoms with Crippen LogP contribution in [0.1, 0.15) is 58.5 Å². The second-order valence-corrected chi connectivity index (χ2v) is 8.34. The number of benzene rings is 2. The molecule has 0 saturated heterocycles. The van der Waals surface area contributed by atoms with Gasteiger partial charge in [0, 0.05) is 30.4 Å². The molecular weight excluding hydrogens is 404 g/mol. The largest absolute Gasteiger partial charge is 0.355 e. The summed E-state index contributed by atoms with van der Waals surface area (Å²) in [4.78, 5) is 36.8. The molecule has 5 N–H and O–H groups in total. The van der Waals surface area contributed by atoms with E-state index in [1.807, 2.05) is 24.3 Å². The van der Waals surface area contributed by atoms with E-state index in [1.54, 1.807) is 32.2 Å². The molecule has 2 aromatic carbocycles. The lowest BCUT2D eigenvalue weighted by molar-refractivity contribution is -0.122. The van der Waals surface area contributed by atoms with Gasteiger partial charge in [0.2, 0.25) is 5.91 Å². The van der Waals surface area contributed by atoms with Crippen molar-refractivity contribution in [1.82, 2.24) is 10.6 Å². The Labute approximate surface area is 190 Å². The molecule has 0 heterocycles. The van der Waals surface area contributed by atoms with Crippen molar-refractivity contribution in [3.05, 3.63) is 64.7 Å². The summed E-state index contributed by atoms with van der Waals surface area (Å²) < 4.78 is 0. The van der Waals surface area contributed by atoms with Crippen molar-refractivity contribution in [1.29, 1.82) is 0 Å². The van der Waals surface area contributed by atoms with Gasteiger partial charge in [0.1, 0.15) is 0 Å².